The summed E-state index contributed by atoms with van der Waals surface area (Å²) in [6.45, 7) is 36.6. The van der Waals surface area contributed by atoms with E-state index in [4.69, 9.17) is 37.9 Å². The third-order valence-electron chi connectivity index (χ3n) is 9.97. The number of hydrogen-bond acceptors (Lipinski definition) is 16. The van der Waals surface area contributed by atoms with Crippen LogP contribution in [0.25, 0.3) is 0 Å². The van der Waals surface area contributed by atoms with E-state index in [0.29, 0.717) is 68.6 Å². The summed E-state index contributed by atoms with van der Waals surface area (Å²) in [5, 5.41) is 8.24. The normalized spacial score (nSPS) is 14.8. The molecule has 3 N–H and O–H groups in total. The van der Waals surface area contributed by atoms with E-state index in [1.54, 1.807) is 170 Å². The fourth-order valence-corrected chi connectivity index (χ4v) is 7.03. The molecule has 1 aliphatic rings. The first kappa shape index (κ1) is 71.2. The van der Waals surface area contributed by atoms with Gasteiger partial charge in [-0.25, -0.2) is 43.4 Å². The highest BCUT2D eigenvalue weighted by Gasteiger charge is 2.37. The average Bonchev–Trinajstić information content (AvgIpc) is 3.25. The second-order valence-corrected chi connectivity index (χ2v) is 26.6. The summed E-state index contributed by atoms with van der Waals surface area (Å²) >= 11 is 0. The molecule has 0 aliphatic carbocycles. The molecule has 0 saturated carbocycles. The molecule has 24 nitrogen and oxygen atoms in total. The van der Waals surface area contributed by atoms with Crippen LogP contribution in [0.3, 0.4) is 0 Å². The largest absolute Gasteiger partial charge is 0.494 e. The third kappa shape index (κ3) is 31.4. The van der Waals surface area contributed by atoms with E-state index in [2.05, 4.69) is 30.9 Å². The standard InChI is InChI=1S/C58H97N9O15/c1-52(2,3)76-45(68)61-40-37-60-42(67(38-40)51(74)82-58(19,20)21)39-29-31-41(32-30-39)75-36-28-27-35-66(50(73)81-57(16,17)18)44(64-48(71)79-55(10,11)12)65(49(72)80-56(13,14)15)34-26-24-22-23-25-33-59-43(62-46(69)77-53(4,5)6)63-47(70)78-54(7,8)9/h29-32,40H,22-28,33-38H2,1-21H3,(H,61,68)(H2,59,62,63,69,70)/b64-44-. The SMILES string of the molecule is CC(C)(C)OC(=O)/N=C(/N(CCCCCCCN/C(=N\C(=O)OC(C)(C)C)NC(=O)OC(C)(C)C)C(=O)OC(C)(C)C)N(CCCCOc1ccc(C2=NCC(NC(=O)OC(C)(C)C)CN2C(=O)OC(C)(C)C)cc1)C(=O)OC(C)(C)C. The number of amides is 7. The zero-order valence-electron chi connectivity index (χ0n) is 52.9. The van der Waals surface area contributed by atoms with Gasteiger partial charge in [-0.2, -0.15) is 0 Å². The van der Waals surface area contributed by atoms with Crippen LogP contribution in [0, 0.1) is 0 Å². The summed E-state index contributed by atoms with van der Waals surface area (Å²) in [7, 11) is 0. The summed E-state index contributed by atoms with van der Waals surface area (Å²) in [6.07, 6.45) is -2.15. The smallest absolute Gasteiger partial charge is 0.437 e. The minimum absolute atomic E-state index is 0.0226. The molecule has 1 heterocycles. The third-order valence-corrected chi connectivity index (χ3v) is 9.97. The van der Waals surface area contributed by atoms with E-state index < -0.39 is 87.9 Å². The van der Waals surface area contributed by atoms with Crippen molar-refractivity contribution in [3.63, 3.8) is 0 Å². The first-order valence-electron chi connectivity index (χ1n) is 28.0. The average molecular weight is 1160 g/mol. The number of carbonyl (C=O) groups is 7. The number of alkyl carbamates (subject to hydrolysis) is 2. The Balaban J connectivity index is 2.35. The molecule has 1 atom stereocenters. The lowest BCUT2D eigenvalue weighted by Crippen LogP contribution is -2.54. The number of nitrogens with zero attached hydrogens (tertiary/aromatic N) is 6. The number of guanidine groups is 2. The van der Waals surface area contributed by atoms with E-state index in [1.807, 2.05) is 0 Å². The topological polar surface area (TPSA) is 276 Å². The van der Waals surface area contributed by atoms with Crippen molar-refractivity contribution >= 4 is 60.4 Å². The number of nitrogens with one attached hydrogen (secondary N) is 3. The van der Waals surface area contributed by atoms with Crippen molar-refractivity contribution in [2.75, 3.05) is 39.3 Å². The van der Waals surface area contributed by atoms with Crippen LogP contribution in [-0.4, -0.2) is 160 Å². The molecule has 1 aromatic carbocycles. The Hall–Kier alpha value is -6.88. The van der Waals surface area contributed by atoms with E-state index in [0.717, 1.165) is 9.80 Å². The molecule has 464 valence electrons. The van der Waals surface area contributed by atoms with Gasteiger partial charge in [0, 0.05) is 25.2 Å². The van der Waals surface area contributed by atoms with Crippen molar-refractivity contribution < 1.29 is 71.5 Å². The zero-order valence-corrected chi connectivity index (χ0v) is 52.9. The predicted octanol–water partition coefficient (Wildman–Crippen LogP) is 11.9. The van der Waals surface area contributed by atoms with E-state index in [-0.39, 0.29) is 44.7 Å². The quantitative estimate of drug-likeness (QED) is 0.0600. The fourth-order valence-electron chi connectivity index (χ4n) is 7.03. The van der Waals surface area contributed by atoms with Gasteiger partial charge in [-0.3, -0.25) is 15.2 Å². The molecule has 0 radical (unpaired) electrons. The molecule has 1 aromatic rings. The van der Waals surface area contributed by atoms with E-state index in [1.165, 1.54) is 4.90 Å². The Morgan fingerprint density at radius 1 is 0.537 bits per heavy atom. The molecule has 82 heavy (non-hydrogen) atoms. The van der Waals surface area contributed by atoms with Gasteiger partial charge in [-0.15, -0.1) is 9.98 Å². The summed E-state index contributed by atoms with van der Waals surface area (Å²) in [5.41, 5.74) is -5.49. The van der Waals surface area contributed by atoms with Crippen molar-refractivity contribution in [2.24, 2.45) is 15.0 Å². The van der Waals surface area contributed by atoms with Gasteiger partial charge in [-0.05, 0) is 195 Å². The van der Waals surface area contributed by atoms with Gasteiger partial charge in [0.2, 0.25) is 11.9 Å². The predicted molar refractivity (Wildman–Crippen MR) is 312 cm³/mol. The minimum Gasteiger partial charge on any atom is -0.494 e. The molecule has 0 fully saturated rings. The molecular weight excluding hydrogens is 1060 g/mol. The van der Waals surface area contributed by atoms with Gasteiger partial charge in [0.1, 0.15) is 50.8 Å². The van der Waals surface area contributed by atoms with Crippen molar-refractivity contribution in [3.05, 3.63) is 29.8 Å². The minimum atomic E-state index is -1.05. The van der Waals surface area contributed by atoms with Crippen LogP contribution < -0.4 is 20.7 Å². The van der Waals surface area contributed by atoms with Crippen molar-refractivity contribution in [3.8, 4) is 5.75 Å². The molecule has 0 aromatic heterocycles. The lowest BCUT2D eigenvalue weighted by Gasteiger charge is -2.34. The second kappa shape index (κ2) is 30.4. The van der Waals surface area contributed by atoms with E-state index >= 15 is 0 Å². The molecular formula is C58H97N9O15. The lowest BCUT2D eigenvalue weighted by molar-refractivity contribution is 0.0266. The number of aliphatic imine (C=N–C) groups is 3. The molecule has 1 unspecified atom stereocenters. The lowest BCUT2D eigenvalue weighted by atomic mass is 10.1. The number of unbranched alkanes of at least 4 members (excludes halogenated alkanes) is 5. The molecule has 1 aliphatic heterocycles. The summed E-state index contributed by atoms with van der Waals surface area (Å²) in [6, 6.07) is 6.45. The van der Waals surface area contributed by atoms with Gasteiger partial charge >= 0.3 is 42.7 Å². The second-order valence-electron chi connectivity index (χ2n) is 26.6. The maximum absolute atomic E-state index is 14.3. The fraction of sp³-hybridized carbons (Fsp3) is 0.724. The van der Waals surface area contributed by atoms with E-state index in [9.17, 15) is 33.6 Å². The highest BCUT2D eigenvalue weighted by atomic mass is 16.6. The number of hydrogen-bond donors (Lipinski definition) is 3. The summed E-state index contributed by atoms with van der Waals surface area (Å²) < 4.78 is 45.2. The van der Waals surface area contributed by atoms with Gasteiger partial charge in [0.25, 0.3) is 0 Å². The van der Waals surface area contributed by atoms with Crippen molar-refractivity contribution in [1.29, 1.82) is 0 Å². The number of benzene rings is 1. The Morgan fingerprint density at radius 2 is 0.976 bits per heavy atom. The van der Waals surface area contributed by atoms with Crippen LogP contribution in [0.4, 0.5) is 33.6 Å². The number of ether oxygens (including phenoxy) is 8. The van der Waals surface area contributed by atoms with Crippen molar-refractivity contribution in [2.45, 2.75) is 236 Å². The highest BCUT2D eigenvalue weighted by Crippen LogP contribution is 2.23. The summed E-state index contributed by atoms with van der Waals surface area (Å²) in [4.78, 5) is 110. The van der Waals surface area contributed by atoms with Crippen LogP contribution in [-0.2, 0) is 33.2 Å². The number of carbonyl (C=O) groups excluding carboxylic acids is 7. The number of amidine groups is 1. The molecule has 0 spiro atoms. The number of rotatable bonds is 16. The van der Waals surface area contributed by atoms with Crippen LogP contribution in [0.15, 0.2) is 39.2 Å². The molecule has 7 amide bonds. The Labute approximate surface area is 486 Å². The molecule has 0 saturated heterocycles. The Morgan fingerprint density at radius 3 is 1.46 bits per heavy atom. The summed E-state index contributed by atoms with van der Waals surface area (Å²) in [5.74, 6) is 0.388. The van der Waals surface area contributed by atoms with Gasteiger partial charge in [0.05, 0.1) is 25.7 Å². The molecule has 24 heteroatoms. The monoisotopic (exact) mass is 1160 g/mol. The van der Waals surface area contributed by atoms with Gasteiger partial charge in [-0.1, -0.05) is 19.3 Å². The van der Waals surface area contributed by atoms with Crippen LogP contribution in [0.2, 0.25) is 0 Å². The van der Waals surface area contributed by atoms with Crippen LogP contribution in [0.5, 0.6) is 5.75 Å². The maximum atomic E-state index is 14.3. The zero-order chi connectivity index (χ0) is 62.7. The van der Waals surface area contributed by atoms with Gasteiger partial charge < -0.3 is 48.5 Å². The Kier molecular flexibility index (Phi) is 26.4. The Bertz CT molecular complexity index is 2390. The molecule has 0 bridgehead atoms. The van der Waals surface area contributed by atoms with Crippen LogP contribution >= 0.6 is 0 Å². The maximum Gasteiger partial charge on any atom is 0.437 e. The van der Waals surface area contributed by atoms with Gasteiger partial charge in [0.15, 0.2) is 0 Å². The first-order chi connectivity index (χ1) is 37.4. The van der Waals surface area contributed by atoms with Crippen molar-refractivity contribution in [1.82, 2.24) is 30.7 Å². The highest BCUT2D eigenvalue weighted by molar-refractivity contribution is 6.07. The van der Waals surface area contributed by atoms with Crippen LogP contribution in [0.1, 0.15) is 196 Å². The molecule has 2 rings (SSSR count). The first-order valence-corrected chi connectivity index (χ1v) is 28.0.